The van der Waals surface area contributed by atoms with Gasteiger partial charge in [-0.2, -0.15) is 0 Å². The first-order valence-electron chi connectivity index (χ1n) is 7.64. The van der Waals surface area contributed by atoms with Gasteiger partial charge in [0.1, 0.15) is 6.54 Å². The second-order valence-corrected chi connectivity index (χ2v) is 8.23. The molecule has 0 bridgehead atoms. The molecule has 1 N–H and O–H groups in total. The first kappa shape index (κ1) is 17.3. The summed E-state index contributed by atoms with van der Waals surface area (Å²) in [5.74, 6) is 0.189. The number of benzene rings is 1. The first-order valence-corrected chi connectivity index (χ1v) is 9.82. The third kappa shape index (κ3) is 3.94. The zero-order chi connectivity index (χ0) is 17.1. The number of thioether (sulfide) groups is 1. The first-order chi connectivity index (χ1) is 11.6. The summed E-state index contributed by atoms with van der Waals surface area (Å²) in [4.78, 5) is 27.3. The number of amides is 2. The summed E-state index contributed by atoms with van der Waals surface area (Å²) in [6, 6.07) is 9.38. The highest BCUT2D eigenvalue weighted by atomic mass is 35.5. The van der Waals surface area contributed by atoms with Crippen molar-refractivity contribution in [1.82, 2.24) is 5.32 Å². The van der Waals surface area contributed by atoms with Crippen LogP contribution in [0.3, 0.4) is 0 Å². The molecule has 2 aromatic rings. The van der Waals surface area contributed by atoms with Gasteiger partial charge in [-0.05, 0) is 30.2 Å². The highest BCUT2D eigenvalue weighted by Crippen LogP contribution is 2.42. The van der Waals surface area contributed by atoms with Crippen LogP contribution in [0.4, 0.5) is 5.69 Å². The summed E-state index contributed by atoms with van der Waals surface area (Å²) in [6.45, 7) is 2.53. The molecule has 4 nitrogen and oxygen atoms in total. The molecule has 3 rings (SSSR count). The highest BCUT2D eigenvalue weighted by Gasteiger charge is 2.28. The van der Waals surface area contributed by atoms with Crippen molar-refractivity contribution in [3.63, 3.8) is 0 Å². The van der Waals surface area contributed by atoms with Gasteiger partial charge in [0.25, 0.3) is 0 Å². The molecule has 0 atom stereocenters. The largest absolute Gasteiger partial charge is 0.350 e. The predicted molar refractivity (Wildman–Crippen MR) is 100 cm³/mol. The zero-order valence-electron chi connectivity index (χ0n) is 13.2. The van der Waals surface area contributed by atoms with Crippen LogP contribution in [0.15, 0.2) is 34.5 Å². The fourth-order valence-corrected chi connectivity index (χ4v) is 4.94. The van der Waals surface area contributed by atoms with Gasteiger partial charge in [0, 0.05) is 16.4 Å². The standard InChI is InChI=1S/C17H17ClN2O2S2/c1-2-13-7-14-17(24-13)23-10-16(22)20(14)9-15(21)19-8-11-4-3-5-12(18)6-11/h3-7H,2,8-10H2,1H3,(H,19,21). The fraction of sp³-hybridized carbons (Fsp3) is 0.294. The summed E-state index contributed by atoms with van der Waals surface area (Å²) in [7, 11) is 0. The predicted octanol–water partition coefficient (Wildman–Crippen LogP) is 3.72. The van der Waals surface area contributed by atoms with E-state index in [0.29, 0.717) is 17.3 Å². The van der Waals surface area contributed by atoms with Crippen molar-refractivity contribution in [2.45, 2.75) is 24.1 Å². The number of aryl methyl sites for hydroxylation is 1. The van der Waals surface area contributed by atoms with E-state index in [-0.39, 0.29) is 18.4 Å². The van der Waals surface area contributed by atoms with Crippen LogP contribution in [0, 0.1) is 0 Å². The molecular formula is C17H17ClN2O2S2. The van der Waals surface area contributed by atoms with Crippen LogP contribution in [0.1, 0.15) is 17.4 Å². The lowest BCUT2D eigenvalue weighted by Gasteiger charge is -2.25. The lowest BCUT2D eigenvalue weighted by atomic mass is 10.2. The maximum atomic E-state index is 12.3. The molecule has 1 aromatic heterocycles. The number of thiophene rings is 1. The van der Waals surface area contributed by atoms with Gasteiger partial charge in [0.15, 0.2) is 0 Å². The minimum atomic E-state index is -0.176. The molecule has 7 heteroatoms. The summed E-state index contributed by atoms with van der Waals surface area (Å²) >= 11 is 9.20. The number of nitrogens with one attached hydrogen (secondary N) is 1. The van der Waals surface area contributed by atoms with Crippen molar-refractivity contribution in [2.24, 2.45) is 0 Å². The Hall–Kier alpha value is -1.50. The molecule has 0 radical (unpaired) electrons. The van der Waals surface area contributed by atoms with E-state index in [1.165, 1.54) is 4.88 Å². The summed E-state index contributed by atoms with van der Waals surface area (Å²) in [5, 5.41) is 3.49. The molecule has 2 heterocycles. The van der Waals surface area contributed by atoms with Gasteiger partial charge in [0.05, 0.1) is 15.6 Å². The number of halogens is 1. The average molecular weight is 381 g/mol. The van der Waals surface area contributed by atoms with E-state index < -0.39 is 0 Å². The van der Waals surface area contributed by atoms with Gasteiger partial charge in [-0.25, -0.2) is 0 Å². The summed E-state index contributed by atoms with van der Waals surface area (Å²) in [6.07, 6.45) is 0.932. The Labute approximate surface area is 154 Å². The molecule has 126 valence electrons. The average Bonchev–Trinajstić information content (AvgIpc) is 2.99. The van der Waals surface area contributed by atoms with Crippen molar-refractivity contribution in [3.05, 3.63) is 45.8 Å². The Morgan fingerprint density at radius 1 is 1.38 bits per heavy atom. The quantitative estimate of drug-likeness (QED) is 0.860. The van der Waals surface area contributed by atoms with Crippen LogP contribution in [-0.2, 0) is 22.6 Å². The van der Waals surface area contributed by atoms with E-state index in [2.05, 4.69) is 12.2 Å². The van der Waals surface area contributed by atoms with Crippen LogP contribution in [0.25, 0.3) is 0 Å². The van der Waals surface area contributed by atoms with E-state index in [9.17, 15) is 9.59 Å². The highest BCUT2D eigenvalue weighted by molar-refractivity contribution is 8.02. The van der Waals surface area contributed by atoms with Crippen molar-refractivity contribution < 1.29 is 9.59 Å². The second-order valence-electron chi connectivity index (χ2n) is 5.41. The number of carbonyl (C=O) groups excluding carboxylic acids is 2. The SMILES string of the molecule is CCc1cc2c(s1)SCC(=O)N2CC(=O)NCc1cccc(Cl)c1. The number of rotatable bonds is 5. The number of hydrogen-bond acceptors (Lipinski definition) is 4. The number of anilines is 1. The lowest BCUT2D eigenvalue weighted by molar-refractivity contribution is -0.123. The van der Waals surface area contributed by atoms with Gasteiger partial charge < -0.3 is 10.2 Å². The van der Waals surface area contributed by atoms with Gasteiger partial charge in [-0.3, -0.25) is 9.59 Å². The van der Waals surface area contributed by atoms with E-state index in [4.69, 9.17) is 11.6 Å². The lowest BCUT2D eigenvalue weighted by Crippen LogP contribution is -2.42. The minimum absolute atomic E-state index is 0.0224. The van der Waals surface area contributed by atoms with Gasteiger partial charge in [-0.15, -0.1) is 23.1 Å². The number of fused-ring (bicyclic) bond motifs is 1. The molecule has 1 aromatic carbocycles. The van der Waals surface area contributed by atoms with E-state index in [0.717, 1.165) is 21.9 Å². The number of carbonyl (C=O) groups is 2. The molecule has 0 saturated heterocycles. The van der Waals surface area contributed by atoms with Gasteiger partial charge in [-0.1, -0.05) is 30.7 Å². The van der Waals surface area contributed by atoms with Gasteiger partial charge in [0.2, 0.25) is 11.8 Å². The summed E-state index contributed by atoms with van der Waals surface area (Å²) < 4.78 is 1.12. The molecule has 24 heavy (non-hydrogen) atoms. The van der Waals surface area contributed by atoms with Gasteiger partial charge >= 0.3 is 0 Å². The van der Waals surface area contributed by atoms with Crippen molar-refractivity contribution in [2.75, 3.05) is 17.2 Å². The van der Waals surface area contributed by atoms with E-state index in [1.54, 1.807) is 34.1 Å². The normalized spacial score (nSPS) is 13.8. The molecule has 0 fully saturated rings. The van der Waals surface area contributed by atoms with E-state index in [1.807, 2.05) is 24.3 Å². The molecule has 2 amide bonds. The molecule has 0 aliphatic carbocycles. The minimum Gasteiger partial charge on any atom is -0.350 e. The second kappa shape index (κ2) is 7.59. The molecule has 0 spiro atoms. The van der Waals surface area contributed by atoms with Crippen LogP contribution in [0.5, 0.6) is 0 Å². The van der Waals surface area contributed by atoms with Crippen LogP contribution >= 0.6 is 34.7 Å². The Morgan fingerprint density at radius 2 is 2.21 bits per heavy atom. The molecule has 0 saturated carbocycles. The molecule has 1 aliphatic heterocycles. The topological polar surface area (TPSA) is 49.4 Å². The Morgan fingerprint density at radius 3 is 2.96 bits per heavy atom. The van der Waals surface area contributed by atoms with Crippen LogP contribution in [0.2, 0.25) is 5.02 Å². The maximum Gasteiger partial charge on any atom is 0.240 e. The van der Waals surface area contributed by atoms with Crippen LogP contribution < -0.4 is 10.2 Å². The third-order valence-electron chi connectivity index (χ3n) is 3.68. The Balaban J connectivity index is 1.65. The van der Waals surface area contributed by atoms with Crippen molar-refractivity contribution in [3.8, 4) is 0 Å². The van der Waals surface area contributed by atoms with Crippen molar-refractivity contribution in [1.29, 1.82) is 0 Å². The maximum absolute atomic E-state index is 12.3. The van der Waals surface area contributed by atoms with E-state index >= 15 is 0 Å². The zero-order valence-corrected chi connectivity index (χ0v) is 15.6. The Kier molecular flexibility index (Phi) is 5.48. The monoisotopic (exact) mass is 380 g/mol. The number of hydrogen-bond donors (Lipinski definition) is 1. The number of nitrogens with zero attached hydrogens (tertiary/aromatic N) is 1. The molecule has 1 aliphatic rings. The molecular weight excluding hydrogens is 364 g/mol. The molecule has 0 unspecified atom stereocenters. The fourth-order valence-electron chi connectivity index (χ4n) is 2.44. The summed E-state index contributed by atoms with van der Waals surface area (Å²) in [5.41, 5.74) is 1.80. The van der Waals surface area contributed by atoms with Crippen molar-refractivity contribution >= 4 is 52.2 Å². The third-order valence-corrected chi connectivity index (χ3v) is 6.44. The van der Waals surface area contributed by atoms with Crippen LogP contribution in [-0.4, -0.2) is 24.1 Å². The smallest absolute Gasteiger partial charge is 0.240 e. The Bertz CT molecular complexity index is 776.